The van der Waals surface area contributed by atoms with Crippen molar-refractivity contribution in [2.24, 2.45) is 0 Å². The van der Waals surface area contributed by atoms with Gasteiger partial charge in [0.05, 0.1) is 38.5 Å². The van der Waals surface area contributed by atoms with Crippen molar-refractivity contribution in [2.45, 2.75) is 0 Å². The van der Waals surface area contributed by atoms with E-state index in [-0.39, 0.29) is 0 Å². The molecule has 12 heteroatoms. The van der Waals surface area contributed by atoms with Crippen molar-refractivity contribution in [3.63, 3.8) is 0 Å². The van der Waals surface area contributed by atoms with Crippen LogP contribution in [0.1, 0.15) is 0 Å². The Bertz CT molecular complexity index is 10800. The summed E-state index contributed by atoms with van der Waals surface area (Å²) in [6.45, 7) is 0. The molecule has 0 radical (unpaired) electrons. The van der Waals surface area contributed by atoms with Crippen LogP contribution in [0.3, 0.4) is 0 Å². The number of para-hydroxylation sites is 7. The van der Waals surface area contributed by atoms with E-state index in [2.05, 4.69) is 420 Å². The number of fused-ring (bicyclic) bond motifs is 38. The normalized spacial score (nSPS) is 12.3. The lowest BCUT2D eigenvalue weighted by Gasteiger charge is -2.08. The van der Waals surface area contributed by atoms with Crippen LogP contribution >= 0.6 is 56.7 Å². The first-order valence-corrected chi connectivity index (χ1v) is 50.6. The number of hydrogen-bond donors (Lipinski definition) is 0. The standard InChI is InChI=1S/C42H23NO2S.2C42H23NOS2/c1-4-15-33-30(10-1)40-34(21-20-29-25-9-2-5-16-35(25)45-42(29)40)43(33)24-19-22-36-32(23-24)28-14-7-13-27(41(28)44-36)26-12-8-18-38-39(26)31-11-3-6-17-37(31)46-38;1-4-15-32-28(9-1)40-33(20-22-38-41(40)30-11-3-6-17-36(30)46-38)43(32)24-19-21-34-31(23-24)27-14-7-13-26(42(27)44-34)25-12-8-18-37-39(25)29-10-2-5-16-35(29)45-37;1-4-15-34-25(9-1)31-22-33-26-10-2-5-16-37(26)46-40(33)23-35(31)43(34)24-19-20-36-32(21-24)29-14-7-13-28(42(29)44-36)27-12-8-18-39-41(27)30-11-3-6-17-38(30)45-39/h3*1-23H. The van der Waals surface area contributed by atoms with E-state index in [1.807, 2.05) is 68.8 Å². The molecule has 642 valence electrons. The number of furan rings is 4. The minimum Gasteiger partial charge on any atom is -0.455 e. The van der Waals surface area contributed by atoms with Gasteiger partial charge < -0.3 is 31.4 Å². The number of nitrogens with zero attached hydrogens (tertiary/aromatic N) is 3. The van der Waals surface area contributed by atoms with Gasteiger partial charge >= 0.3 is 0 Å². The first-order chi connectivity index (χ1) is 68.4. The molecule has 138 heavy (non-hydrogen) atoms. The molecule has 0 aliphatic rings. The highest BCUT2D eigenvalue weighted by atomic mass is 32.1. The molecule has 0 spiro atoms. The summed E-state index contributed by atoms with van der Waals surface area (Å²) in [5, 5.41) is 29.6. The highest BCUT2D eigenvalue weighted by Gasteiger charge is 2.27. The summed E-state index contributed by atoms with van der Waals surface area (Å²) in [5.41, 5.74) is 24.9. The SMILES string of the molecule is c1ccc2c(c1)oc1c2ccc2c1c1ccccc1n2-c1ccc2oc3c(-c4cccc5sc6ccccc6c45)cccc3c2c1.c1ccc2c(c1)sc1cc3c(cc12)c1ccccc1n3-c1ccc2oc3c(-c4cccc5sc6ccccc6c45)cccc3c2c1.c1ccc2c(c1)sc1cccc(-c3cccc4c3oc3ccc(-n5c6ccccc6c6c7c(ccc65)sc5ccccc57)cc34)c12. The number of rotatable bonds is 6. The van der Waals surface area contributed by atoms with E-state index >= 15 is 0 Å². The van der Waals surface area contributed by atoms with Crippen LogP contribution in [0.2, 0.25) is 0 Å². The Morgan fingerprint density at radius 1 is 0.138 bits per heavy atom. The van der Waals surface area contributed by atoms with Gasteiger partial charge in [-0.15, -0.1) is 56.7 Å². The largest absolute Gasteiger partial charge is 0.455 e. The first-order valence-electron chi connectivity index (χ1n) is 46.5. The second-order valence-electron chi connectivity index (χ2n) is 36.1. The molecule has 0 N–H and O–H groups in total. The maximum absolute atomic E-state index is 6.71. The van der Waals surface area contributed by atoms with Gasteiger partial charge in [0.15, 0.2) is 0 Å². The zero-order valence-electron chi connectivity index (χ0n) is 73.4. The lowest BCUT2D eigenvalue weighted by atomic mass is 9.97. The molecule has 0 bridgehead atoms. The van der Waals surface area contributed by atoms with Crippen molar-refractivity contribution < 1.29 is 17.7 Å². The van der Waals surface area contributed by atoms with Crippen molar-refractivity contribution in [1.29, 1.82) is 0 Å². The van der Waals surface area contributed by atoms with Crippen molar-refractivity contribution in [1.82, 2.24) is 13.7 Å². The zero-order valence-corrected chi connectivity index (χ0v) is 77.4. The van der Waals surface area contributed by atoms with E-state index in [0.717, 1.165) is 138 Å². The zero-order chi connectivity index (χ0) is 89.8. The predicted octanol–water partition coefficient (Wildman–Crippen LogP) is 38.8. The number of hydrogen-bond acceptors (Lipinski definition) is 9. The topological polar surface area (TPSA) is 67.3 Å². The Labute approximate surface area is 804 Å². The first kappa shape index (κ1) is 76.7. The van der Waals surface area contributed by atoms with Crippen LogP contribution in [0.25, 0.3) is 304 Å². The quantitative estimate of drug-likeness (QED) is 0.166. The average molecular weight is 1850 g/mol. The molecule has 0 atom stereocenters. The Kier molecular flexibility index (Phi) is 16.3. The summed E-state index contributed by atoms with van der Waals surface area (Å²) < 4.78 is 47.0. The maximum atomic E-state index is 6.71. The number of benzene rings is 21. The summed E-state index contributed by atoms with van der Waals surface area (Å²) in [7, 11) is 0. The summed E-state index contributed by atoms with van der Waals surface area (Å²) in [6, 6.07) is 151. The summed E-state index contributed by atoms with van der Waals surface area (Å²) in [5.74, 6) is 0. The molecule has 33 rings (SSSR count). The highest BCUT2D eigenvalue weighted by molar-refractivity contribution is 7.27. The summed E-state index contributed by atoms with van der Waals surface area (Å²) >= 11 is 9.29. The van der Waals surface area contributed by atoms with Gasteiger partial charge in [0.1, 0.15) is 44.7 Å². The molecular formula is C126H69N3O4S5. The molecule has 33 aromatic rings. The molecule has 0 aliphatic carbocycles. The Hall–Kier alpha value is -16.7. The van der Waals surface area contributed by atoms with Crippen LogP contribution in [-0.4, -0.2) is 13.7 Å². The van der Waals surface area contributed by atoms with Gasteiger partial charge in [0, 0.05) is 205 Å². The molecule has 21 aromatic carbocycles. The molecular weight excluding hydrogens is 1780 g/mol. The maximum Gasteiger partial charge on any atom is 0.145 e. The molecule has 12 heterocycles. The fourth-order valence-electron chi connectivity index (χ4n) is 22.9. The second kappa shape index (κ2) is 29.4. The lowest BCUT2D eigenvalue weighted by Crippen LogP contribution is -1.93. The average Bonchev–Trinajstić information content (AvgIpc) is 1.56. The smallest absolute Gasteiger partial charge is 0.145 e. The van der Waals surface area contributed by atoms with E-state index < -0.39 is 0 Å². The Balaban J connectivity index is 0.0000000959. The van der Waals surface area contributed by atoms with Crippen LogP contribution in [0.15, 0.2) is 436 Å². The molecule has 0 fully saturated rings. The minimum atomic E-state index is 0.883. The molecule has 0 saturated carbocycles. The van der Waals surface area contributed by atoms with Gasteiger partial charge in [-0.25, -0.2) is 0 Å². The minimum absolute atomic E-state index is 0.883. The third kappa shape index (κ3) is 11.1. The monoisotopic (exact) mass is 1850 g/mol. The lowest BCUT2D eigenvalue weighted by molar-refractivity contribution is 0.669. The van der Waals surface area contributed by atoms with Crippen molar-refractivity contribution in [2.75, 3.05) is 0 Å². The molecule has 0 aliphatic heterocycles. The van der Waals surface area contributed by atoms with E-state index in [0.29, 0.717) is 0 Å². The van der Waals surface area contributed by atoms with Crippen molar-refractivity contribution in [3.8, 4) is 50.4 Å². The van der Waals surface area contributed by atoms with E-state index in [4.69, 9.17) is 17.7 Å². The second-order valence-corrected chi connectivity index (χ2v) is 41.5. The van der Waals surface area contributed by atoms with Crippen LogP contribution < -0.4 is 0 Å². The molecule has 12 aromatic heterocycles. The van der Waals surface area contributed by atoms with E-state index in [9.17, 15) is 0 Å². The molecule has 0 unspecified atom stereocenters. The van der Waals surface area contributed by atoms with Gasteiger partial charge in [-0.1, -0.05) is 255 Å². The Morgan fingerprint density at radius 2 is 0.449 bits per heavy atom. The van der Waals surface area contributed by atoms with Gasteiger partial charge in [-0.3, -0.25) is 0 Å². The van der Waals surface area contributed by atoms with Gasteiger partial charge in [-0.2, -0.15) is 0 Å². The molecule has 7 nitrogen and oxygen atoms in total. The fourth-order valence-corrected chi connectivity index (χ4v) is 28.6. The van der Waals surface area contributed by atoms with Crippen LogP contribution in [0.4, 0.5) is 0 Å². The third-order valence-corrected chi connectivity index (χ3v) is 34.5. The van der Waals surface area contributed by atoms with Crippen LogP contribution in [0, 0.1) is 0 Å². The fraction of sp³-hybridized carbons (Fsp3) is 0. The highest BCUT2D eigenvalue weighted by Crippen LogP contribution is 2.53. The van der Waals surface area contributed by atoms with Crippen molar-refractivity contribution in [3.05, 3.63) is 419 Å². The van der Waals surface area contributed by atoms with Gasteiger partial charge in [0.2, 0.25) is 0 Å². The molecule has 0 saturated heterocycles. The third-order valence-electron chi connectivity index (χ3n) is 28.8. The number of aromatic nitrogens is 3. The van der Waals surface area contributed by atoms with Crippen molar-refractivity contribution >= 4 is 311 Å². The van der Waals surface area contributed by atoms with Crippen LogP contribution in [-0.2, 0) is 0 Å². The number of thiophene rings is 5. The van der Waals surface area contributed by atoms with E-state index in [1.54, 1.807) is 0 Å². The van der Waals surface area contributed by atoms with E-state index in [1.165, 1.54) is 167 Å². The Morgan fingerprint density at radius 3 is 0.928 bits per heavy atom. The molecule has 0 amide bonds. The summed E-state index contributed by atoms with van der Waals surface area (Å²) in [4.78, 5) is 0. The van der Waals surface area contributed by atoms with Gasteiger partial charge in [-0.05, 0) is 180 Å². The predicted molar refractivity (Wildman–Crippen MR) is 592 cm³/mol. The van der Waals surface area contributed by atoms with Gasteiger partial charge in [0.25, 0.3) is 0 Å². The summed E-state index contributed by atoms with van der Waals surface area (Å²) in [6.07, 6.45) is 0. The van der Waals surface area contributed by atoms with Crippen LogP contribution in [0.5, 0.6) is 0 Å².